The number of aliphatic carboxylic acids is 2. The minimum Gasteiger partial charge on any atom is -0.475 e. The Kier molecular flexibility index (Phi) is 11.2. The van der Waals surface area contributed by atoms with E-state index in [-0.39, 0.29) is 11.4 Å². The minimum absolute atomic E-state index is 0.00397. The predicted molar refractivity (Wildman–Crippen MR) is 139 cm³/mol. The zero-order chi connectivity index (χ0) is 32.0. The Morgan fingerprint density at radius 3 is 2.05 bits per heavy atom. The summed E-state index contributed by atoms with van der Waals surface area (Å²) in [5.41, 5.74) is 1.95. The summed E-state index contributed by atoms with van der Waals surface area (Å²) in [7, 11) is 2.24. The minimum atomic E-state index is -5.08. The summed E-state index contributed by atoms with van der Waals surface area (Å²) in [5.74, 6) is -3.76. The largest absolute Gasteiger partial charge is 0.490 e. The normalized spacial score (nSPS) is 19.4. The van der Waals surface area contributed by atoms with Crippen molar-refractivity contribution in [2.24, 2.45) is 5.92 Å². The molecule has 0 amide bonds. The van der Waals surface area contributed by atoms with E-state index in [1.807, 2.05) is 12.3 Å². The van der Waals surface area contributed by atoms with Gasteiger partial charge in [0.15, 0.2) is 0 Å². The first kappa shape index (κ1) is 34.3. The van der Waals surface area contributed by atoms with Crippen LogP contribution in [-0.4, -0.2) is 100 Å². The lowest BCUT2D eigenvalue weighted by molar-refractivity contribution is -0.193. The molecule has 43 heavy (non-hydrogen) atoms. The highest BCUT2D eigenvalue weighted by atomic mass is 19.4. The second-order valence-corrected chi connectivity index (χ2v) is 10.5. The average Bonchev–Trinajstić information content (AvgIpc) is 3.37. The molecular formula is C27H33F7N4O5. The molecule has 0 radical (unpaired) electrons. The van der Waals surface area contributed by atoms with Gasteiger partial charge in [0.2, 0.25) is 0 Å². The van der Waals surface area contributed by atoms with Crippen molar-refractivity contribution in [1.82, 2.24) is 19.4 Å². The van der Waals surface area contributed by atoms with Crippen LogP contribution in [0.4, 0.5) is 30.7 Å². The van der Waals surface area contributed by atoms with Crippen molar-refractivity contribution in [2.75, 3.05) is 46.4 Å². The molecule has 3 aliphatic heterocycles. The van der Waals surface area contributed by atoms with E-state index in [4.69, 9.17) is 29.5 Å². The number of piperidine rings is 1. The molecule has 16 heteroatoms. The van der Waals surface area contributed by atoms with Crippen LogP contribution in [-0.2, 0) is 26.4 Å². The van der Waals surface area contributed by atoms with Crippen LogP contribution < -0.4 is 0 Å². The number of halogens is 7. The fourth-order valence-corrected chi connectivity index (χ4v) is 5.49. The number of alkyl halides is 6. The van der Waals surface area contributed by atoms with Crippen LogP contribution >= 0.6 is 0 Å². The summed E-state index contributed by atoms with van der Waals surface area (Å²) in [4.78, 5) is 27.8. The maximum Gasteiger partial charge on any atom is 0.490 e. The van der Waals surface area contributed by atoms with Crippen molar-refractivity contribution < 1.29 is 55.3 Å². The predicted octanol–water partition coefficient (Wildman–Crippen LogP) is 4.62. The lowest BCUT2D eigenvalue weighted by atomic mass is 9.83. The van der Waals surface area contributed by atoms with Gasteiger partial charge in [0.05, 0.1) is 17.4 Å². The van der Waals surface area contributed by atoms with Crippen LogP contribution in [0.15, 0.2) is 30.5 Å². The van der Waals surface area contributed by atoms with Crippen LogP contribution in [0.25, 0.3) is 11.3 Å². The van der Waals surface area contributed by atoms with E-state index in [2.05, 4.69) is 21.4 Å². The van der Waals surface area contributed by atoms with E-state index in [1.54, 1.807) is 12.1 Å². The Morgan fingerprint density at radius 2 is 1.53 bits per heavy atom. The van der Waals surface area contributed by atoms with Gasteiger partial charge in [-0.25, -0.2) is 19.0 Å². The Hall–Kier alpha value is -3.24. The first-order valence-corrected chi connectivity index (χ1v) is 13.5. The molecule has 4 heterocycles. The van der Waals surface area contributed by atoms with Crippen LogP contribution in [0.2, 0.25) is 0 Å². The van der Waals surface area contributed by atoms with E-state index in [1.165, 1.54) is 25.5 Å². The Balaban J connectivity index is 0.000000303. The maximum atomic E-state index is 13.8. The SMILES string of the molecule is CN1CCn2c(-c3cccc(F)c3)cnc2C12CCN(CC1CCOCC1)CC2.O=C(O)C(F)(F)F.O=C(O)C(F)(F)F. The Bertz CT molecular complexity index is 1210. The van der Waals surface area contributed by atoms with Gasteiger partial charge in [-0.1, -0.05) is 12.1 Å². The average molecular weight is 627 g/mol. The molecule has 2 aromatic rings. The van der Waals surface area contributed by atoms with Crippen molar-refractivity contribution in [3.05, 3.63) is 42.1 Å². The van der Waals surface area contributed by atoms with Crippen molar-refractivity contribution in [3.8, 4) is 11.3 Å². The zero-order valence-corrected chi connectivity index (χ0v) is 23.3. The highest BCUT2D eigenvalue weighted by Crippen LogP contribution is 2.41. The number of hydrogen-bond donors (Lipinski definition) is 2. The van der Waals surface area contributed by atoms with Gasteiger partial charge in [-0.05, 0) is 50.8 Å². The zero-order valence-electron chi connectivity index (χ0n) is 23.3. The van der Waals surface area contributed by atoms with Crippen LogP contribution in [0, 0.1) is 11.7 Å². The van der Waals surface area contributed by atoms with E-state index >= 15 is 0 Å². The molecule has 240 valence electrons. The molecule has 1 aromatic heterocycles. The highest BCUT2D eigenvalue weighted by Gasteiger charge is 2.46. The van der Waals surface area contributed by atoms with Gasteiger partial charge in [-0.15, -0.1) is 0 Å². The molecule has 0 aliphatic carbocycles. The number of carbonyl (C=O) groups is 2. The van der Waals surface area contributed by atoms with Gasteiger partial charge in [-0.2, -0.15) is 26.3 Å². The van der Waals surface area contributed by atoms with Crippen LogP contribution in [0.3, 0.4) is 0 Å². The monoisotopic (exact) mass is 626 g/mol. The second kappa shape index (κ2) is 14.0. The summed E-state index contributed by atoms with van der Waals surface area (Å²) in [6.45, 7) is 7.19. The first-order valence-electron chi connectivity index (χ1n) is 13.5. The van der Waals surface area contributed by atoms with Gasteiger partial charge in [0.25, 0.3) is 0 Å². The fourth-order valence-electron chi connectivity index (χ4n) is 5.49. The van der Waals surface area contributed by atoms with E-state index in [0.29, 0.717) is 0 Å². The third-order valence-corrected chi connectivity index (χ3v) is 7.81. The van der Waals surface area contributed by atoms with Gasteiger partial charge >= 0.3 is 24.3 Å². The van der Waals surface area contributed by atoms with Crippen molar-refractivity contribution in [1.29, 1.82) is 0 Å². The van der Waals surface area contributed by atoms with Gasteiger partial charge < -0.3 is 24.4 Å². The van der Waals surface area contributed by atoms with Crippen LogP contribution in [0.1, 0.15) is 31.5 Å². The third-order valence-electron chi connectivity index (χ3n) is 7.81. The lowest BCUT2D eigenvalue weighted by Gasteiger charge is -2.50. The molecule has 0 atom stereocenters. The number of rotatable bonds is 3. The quantitative estimate of drug-likeness (QED) is 0.476. The molecule has 2 N–H and O–H groups in total. The van der Waals surface area contributed by atoms with Gasteiger partial charge in [0.1, 0.15) is 11.6 Å². The number of benzene rings is 1. The number of nitrogens with zero attached hydrogens (tertiary/aromatic N) is 4. The van der Waals surface area contributed by atoms with Crippen molar-refractivity contribution >= 4 is 11.9 Å². The molecule has 0 saturated carbocycles. The van der Waals surface area contributed by atoms with E-state index < -0.39 is 24.3 Å². The molecule has 3 aliphatic rings. The molecule has 1 spiro atoms. The molecule has 2 fully saturated rings. The Labute approximate surface area is 242 Å². The highest BCUT2D eigenvalue weighted by molar-refractivity contribution is 5.73. The summed E-state index contributed by atoms with van der Waals surface area (Å²) in [6.07, 6.45) is -3.62. The number of fused-ring (bicyclic) bond motifs is 2. The molecular weight excluding hydrogens is 593 g/mol. The Morgan fingerprint density at radius 1 is 0.977 bits per heavy atom. The molecule has 9 nitrogen and oxygen atoms in total. The summed E-state index contributed by atoms with van der Waals surface area (Å²) >= 11 is 0. The van der Waals surface area contributed by atoms with Crippen molar-refractivity contribution in [3.63, 3.8) is 0 Å². The second-order valence-electron chi connectivity index (χ2n) is 10.5. The smallest absolute Gasteiger partial charge is 0.475 e. The summed E-state index contributed by atoms with van der Waals surface area (Å²) < 4.78 is 85.1. The molecule has 0 bridgehead atoms. The van der Waals surface area contributed by atoms with E-state index in [9.17, 15) is 30.7 Å². The number of aromatic nitrogens is 2. The standard InChI is InChI=1S/C23H31FN4O.2C2HF3O2/c1-26-11-12-28-21(19-3-2-4-20(24)15-19)16-25-22(28)23(26)7-9-27(10-8-23)17-18-5-13-29-14-6-18;2*3-2(4,5)1(6)7/h2-4,15-16,18H,5-14,17H2,1H3;2*(H,6,7). The third kappa shape index (κ3) is 8.89. The first-order chi connectivity index (χ1) is 20.0. The number of ether oxygens (including phenoxy) is 1. The van der Waals surface area contributed by atoms with Crippen molar-refractivity contribution in [2.45, 2.75) is 50.1 Å². The molecule has 1 aromatic carbocycles. The van der Waals surface area contributed by atoms with Gasteiger partial charge in [-0.3, -0.25) is 4.90 Å². The number of likely N-dealkylation sites (tertiary alicyclic amines) is 1. The van der Waals surface area contributed by atoms with Crippen LogP contribution in [0.5, 0.6) is 0 Å². The number of carboxylic acids is 2. The number of imidazole rings is 1. The number of carboxylic acid groups (broad SMARTS) is 2. The number of likely N-dealkylation sites (N-methyl/N-ethyl adjacent to an activating group) is 1. The summed E-state index contributed by atoms with van der Waals surface area (Å²) in [6, 6.07) is 6.88. The lowest BCUT2D eigenvalue weighted by Crippen LogP contribution is -2.56. The molecule has 2 saturated heterocycles. The maximum absolute atomic E-state index is 13.8. The van der Waals surface area contributed by atoms with E-state index in [0.717, 1.165) is 75.2 Å². The van der Waals surface area contributed by atoms with Gasteiger partial charge in [0, 0.05) is 51.5 Å². The number of hydrogen-bond acceptors (Lipinski definition) is 6. The molecule has 0 unspecified atom stereocenters. The molecule has 5 rings (SSSR count). The summed E-state index contributed by atoms with van der Waals surface area (Å²) in [5, 5.41) is 14.2. The fraction of sp³-hybridized carbons (Fsp3) is 0.593. The topological polar surface area (TPSA) is 108 Å².